The predicted octanol–water partition coefficient (Wildman–Crippen LogP) is 2.56. The Morgan fingerprint density at radius 2 is 1.77 bits per heavy atom. The largest absolute Gasteiger partial charge is 0.484 e. The van der Waals surface area contributed by atoms with Gasteiger partial charge < -0.3 is 9.64 Å². The van der Waals surface area contributed by atoms with Gasteiger partial charge in [0, 0.05) is 26.2 Å². The van der Waals surface area contributed by atoms with Crippen molar-refractivity contribution in [3.05, 3.63) is 29.8 Å². The van der Waals surface area contributed by atoms with E-state index in [0.29, 0.717) is 0 Å². The Bertz CT molecular complexity index is 462. The Balaban J connectivity index is 1.69. The molecular weight excluding hydrogens is 276 g/mol. The average Bonchev–Trinajstić information content (AvgIpc) is 2.52. The molecule has 0 aliphatic carbocycles. The number of aryl methyl sites for hydroxylation is 1. The Labute approximate surface area is 134 Å². The van der Waals surface area contributed by atoms with Crippen LogP contribution in [-0.2, 0) is 4.79 Å². The second kappa shape index (κ2) is 8.18. The van der Waals surface area contributed by atoms with Crippen molar-refractivity contribution in [3.8, 4) is 5.75 Å². The highest BCUT2D eigenvalue weighted by Crippen LogP contribution is 2.12. The third kappa shape index (κ3) is 5.34. The highest BCUT2D eigenvalue weighted by atomic mass is 16.5. The highest BCUT2D eigenvalue weighted by Gasteiger charge is 2.21. The average molecular weight is 304 g/mol. The van der Waals surface area contributed by atoms with Crippen LogP contribution in [0.15, 0.2) is 24.3 Å². The van der Waals surface area contributed by atoms with E-state index < -0.39 is 0 Å². The second-order valence-electron chi connectivity index (χ2n) is 6.51. The van der Waals surface area contributed by atoms with Gasteiger partial charge in [0.2, 0.25) is 0 Å². The van der Waals surface area contributed by atoms with Crippen LogP contribution in [0.3, 0.4) is 0 Å². The summed E-state index contributed by atoms with van der Waals surface area (Å²) in [5.41, 5.74) is 1.19. The van der Waals surface area contributed by atoms with Crippen molar-refractivity contribution in [2.24, 2.45) is 5.92 Å². The van der Waals surface area contributed by atoms with Crippen molar-refractivity contribution in [1.82, 2.24) is 9.80 Å². The summed E-state index contributed by atoms with van der Waals surface area (Å²) < 4.78 is 5.58. The molecule has 4 heteroatoms. The number of piperazine rings is 1. The van der Waals surface area contributed by atoms with E-state index in [1.54, 1.807) is 0 Å². The molecule has 1 saturated heterocycles. The molecule has 0 unspecified atom stereocenters. The van der Waals surface area contributed by atoms with Gasteiger partial charge in [-0.2, -0.15) is 0 Å². The van der Waals surface area contributed by atoms with Gasteiger partial charge in [-0.25, -0.2) is 0 Å². The normalized spacial score (nSPS) is 16.1. The summed E-state index contributed by atoms with van der Waals surface area (Å²) in [5, 5.41) is 0. The van der Waals surface area contributed by atoms with E-state index in [1.165, 1.54) is 12.0 Å². The predicted molar refractivity (Wildman–Crippen MR) is 89.1 cm³/mol. The minimum Gasteiger partial charge on any atom is -0.484 e. The maximum absolute atomic E-state index is 12.2. The molecule has 1 aliphatic rings. The van der Waals surface area contributed by atoms with E-state index >= 15 is 0 Å². The summed E-state index contributed by atoms with van der Waals surface area (Å²) in [6.45, 7) is 11.4. The number of hydrogen-bond acceptors (Lipinski definition) is 3. The van der Waals surface area contributed by atoms with E-state index in [2.05, 4.69) is 18.7 Å². The quantitative estimate of drug-likeness (QED) is 0.810. The fourth-order valence-electron chi connectivity index (χ4n) is 2.53. The summed E-state index contributed by atoms with van der Waals surface area (Å²) in [7, 11) is 0. The molecule has 1 heterocycles. The Kier molecular flexibility index (Phi) is 6.25. The van der Waals surface area contributed by atoms with Crippen molar-refractivity contribution in [1.29, 1.82) is 0 Å². The van der Waals surface area contributed by atoms with Gasteiger partial charge in [0.25, 0.3) is 5.91 Å². The molecule has 2 rings (SSSR count). The molecule has 0 atom stereocenters. The van der Waals surface area contributed by atoms with Crippen molar-refractivity contribution < 1.29 is 9.53 Å². The van der Waals surface area contributed by atoms with Crippen LogP contribution < -0.4 is 4.74 Å². The third-order valence-electron chi connectivity index (χ3n) is 4.13. The number of carbonyl (C=O) groups excluding carboxylic acids is 1. The van der Waals surface area contributed by atoms with Crippen molar-refractivity contribution in [2.45, 2.75) is 27.2 Å². The summed E-state index contributed by atoms with van der Waals surface area (Å²) in [6.07, 6.45) is 1.23. The van der Waals surface area contributed by atoms with E-state index in [-0.39, 0.29) is 12.5 Å². The van der Waals surface area contributed by atoms with Gasteiger partial charge >= 0.3 is 0 Å². The molecule has 1 aromatic carbocycles. The van der Waals surface area contributed by atoms with E-state index in [9.17, 15) is 4.79 Å². The molecule has 1 aromatic rings. The zero-order chi connectivity index (χ0) is 15.9. The number of carbonyl (C=O) groups is 1. The Morgan fingerprint density at radius 3 is 2.36 bits per heavy atom. The molecule has 122 valence electrons. The lowest BCUT2D eigenvalue weighted by molar-refractivity contribution is -0.135. The van der Waals surface area contributed by atoms with Crippen LogP contribution in [0.1, 0.15) is 25.8 Å². The first kappa shape index (κ1) is 16.8. The molecule has 0 N–H and O–H groups in total. The molecule has 1 aliphatic heterocycles. The fraction of sp³-hybridized carbons (Fsp3) is 0.611. The molecule has 0 saturated carbocycles. The lowest BCUT2D eigenvalue weighted by Crippen LogP contribution is -2.50. The zero-order valence-electron chi connectivity index (χ0n) is 14.0. The maximum atomic E-state index is 12.2. The topological polar surface area (TPSA) is 32.8 Å². The molecule has 1 fully saturated rings. The summed E-state index contributed by atoms with van der Waals surface area (Å²) in [4.78, 5) is 16.6. The Morgan fingerprint density at radius 1 is 1.14 bits per heavy atom. The molecule has 22 heavy (non-hydrogen) atoms. The van der Waals surface area contributed by atoms with Gasteiger partial charge in [0.15, 0.2) is 6.61 Å². The van der Waals surface area contributed by atoms with Crippen LogP contribution in [0, 0.1) is 12.8 Å². The fourth-order valence-corrected chi connectivity index (χ4v) is 2.53. The van der Waals surface area contributed by atoms with Gasteiger partial charge in [-0.3, -0.25) is 9.69 Å². The van der Waals surface area contributed by atoms with Gasteiger partial charge in [-0.1, -0.05) is 31.5 Å². The maximum Gasteiger partial charge on any atom is 0.260 e. The summed E-state index contributed by atoms with van der Waals surface area (Å²) >= 11 is 0. The minimum atomic E-state index is 0.0871. The lowest BCUT2D eigenvalue weighted by atomic mass is 10.1. The number of rotatable bonds is 6. The molecule has 4 nitrogen and oxygen atoms in total. The van der Waals surface area contributed by atoms with Crippen LogP contribution in [0.5, 0.6) is 5.75 Å². The molecule has 0 radical (unpaired) electrons. The van der Waals surface area contributed by atoms with Crippen molar-refractivity contribution in [2.75, 3.05) is 39.3 Å². The van der Waals surface area contributed by atoms with Crippen LogP contribution >= 0.6 is 0 Å². The van der Waals surface area contributed by atoms with Crippen molar-refractivity contribution >= 4 is 5.91 Å². The molecular formula is C18H28N2O2. The van der Waals surface area contributed by atoms with Crippen LogP contribution in [0.2, 0.25) is 0 Å². The SMILES string of the molecule is Cc1ccc(OCC(=O)N2CCN(CCC(C)C)CC2)cc1. The van der Waals surface area contributed by atoms with E-state index in [1.807, 2.05) is 36.1 Å². The summed E-state index contributed by atoms with van der Waals surface area (Å²) in [5.74, 6) is 1.58. The number of amides is 1. The lowest BCUT2D eigenvalue weighted by Gasteiger charge is -2.35. The van der Waals surface area contributed by atoms with Gasteiger partial charge in [0.05, 0.1) is 0 Å². The smallest absolute Gasteiger partial charge is 0.260 e. The number of nitrogens with zero attached hydrogens (tertiary/aromatic N) is 2. The first-order valence-corrected chi connectivity index (χ1v) is 8.24. The minimum absolute atomic E-state index is 0.0871. The molecule has 0 aromatic heterocycles. The first-order valence-electron chi connectivity index (χ1n) is 8.24. The zero-order valence-corrected chi connectivity index (χ0v) is 14.0. The second-order valence-corrected chi connectivity index (χ2v) is 6.51. The number of benzene rings is 1. The molecule has 1 amide bonds. The van der Waals surface area contributed by atoms with Crippen LogP contribution in [-0.4, -0.2) is 55.0 Å². The molecule has 0 bridgehead atoms. The summed E-state index contributed by atoms with van der Waals surface area (Å²) in [6, 6.07) is 7.81. The van der Waals surface area contributed by atoms with E-state index in [0.717, 1.165) is 44.4 Å². The monoisotopic (exact) mass is 304 g/mol. The van der Waals surface area contributed by atoms with Gasteiger partial charge in [-0.05, 0) is 37.9 Å². The van der Waals surface area contributed by atoms with Crippen LogP contribution in [0.25, 0.3) is 0 Å². The number of hydrogen-bond donors (Lipinski definition) is 0. The van der Waals surface area contributed by atoms with Gasteiger partial charge in [0.1, 0.15) is 5.75 Å². The van der Waals surface area contributed by atoms with Crippen LogP contribution in [0.4, 0.5) is 0 Å². The molecule has 0 spiro atoms. The van der Waals surface area contributed by atoms with Gasteiger partial charge in [-0.15, -0.1) is 0 Å². The van der Waals surface area contributed by atoms with Crippen molar-refractivity contribution in [3.63, 3.8) is 0 Å². The number of ether oxygens (including phenoxy) is 1. The Hall–Kier alpha value is -1.55. The standard InChI is InChI=1S/C18H28N2O2/c1-15(2)8-9-19-10-12-20(13-11-19)18(21)14-22-17-6-4-16(3)5-7-17/h4-7,15H,8-14H2,1-3H3. The highest BCUT2D eigenvalue weighted by molar-refractivity contribution is 5.77. The van der Waals surface area contributed by atoms with E-state index in [4.69, 9.17) is 4.74 Å². The third-order valence-corrected chi connectivity index (χ3v) is 4.13. The first-order chi connectivity index (χ1) is 10.5.